The molecule has 0 aliphatic heterocycles. The van der Waals surface area contributed by atoms with Crippen LogP contribution in [0.5, 0.6) is 0 Å². The Morgan fingerprint density at radius 1 is 1.42 bits per heavy atom. The number of benzene rings is 1. The quantitative estimate of drug-likeness (QED) is 0.514. The maximum atomic E-state index is 11.0. The lowest BCUT2D eigenvalue weighted by molar-refractivity contribution is -0.384. The standard InChI is InChI=1S/C12H18N4O3/c1-3-4-14-9-5-10(15-8(2)12(13)17)7-11(6-9)16(18)19/h5-8,14-15H,3-4H2,1-2H3,(H2,13,17). The van der Waals surface area contributed by atoms with Gasteiger partial charge in [-0.15, -0.1) is 0 Å². The second-order valence-electron chi connectivity index (χ2n) is 4.22. The first-order valence-electron chi connectivity index (χ1n) is 6.03. The molecule has 0 saturated carbocycles. The van der Waals surface area contributed by atoms with Gasteiger partial charge in [0.25, 0.3) is 5.69 Å². The first-order chi connectivity index (χ1) is 8.93. The Balaban J connectivity index is 2.98. The lowest BCUT2D eigenvalue weighted by Crippen LogP contribution is -2.32. The van der Waals surface area contributed by atoms with Crippen molar-refractivity contribution in [2.24, 2.45) is 5.73 Å². The van der Waals surface area contributed by atoms with Crippen LogP contribution in [0.25, 0.3) is 0 Å². The predicted molar refractivity (Wildman–Crippen MR) is 74.2 cm³/mol. The van der Waals surface area contributed by atoms with Crippen LogP contribution in [-0.2, 0) is 4.79 Å². The number of nitrogens with one attached hydrogen (secondary N) is 2. The summed E-state index contributed by atoms with van der Waals surface area (Å²) in [6, 6.07) is 3.94. The normalized spacial score (nSPS) is 11.7. The number of nitro benzene ring substituents is 1. The van der Waals surface area contributed by atoms with Gasteiger partial charge in [-0.2, -0.15) is 0 Å². The maximum absolute atomic E-state index is 11.0. The molecule has 0 heterocycles. The van der Waals surface area contributed by atoms with E-state index >= 15 is 0 Å². The molecule has 0 aliphatic carbocycles. The Labute approximate surface area is 111 Å². The largest absolute Gasteiger partial charge is 0.385 e. The van der Waals surface area contributed by atoms with Crippen molar-refractivity contribution in [2.75, 3.05) is 17.2 Å². The highest BCUT2D eigenvalue weighted by Gasteiger charge is 2.13. The van der Waals surface area contributed by atoms with Crippen molar-refractivity contribution in [3.05, 3.63) is 28.3 Å². The molecule has 1 unspecified atom stereocenters. The molecule has 1 rings (SSSR count). The number of nitro groups is 1. The molecule has 4 N–H and O–H groups in total. The smallest absolute Gasteiger partial charge is 0.273 e. The van der Waals surface area contributed by atoms with E-state index in [1.165, 1.54) is 12.1 Å². The summed E-state index contributed by atoms with van der Waals surface area (Å²) in [5.74, 6) is -0.519. The van der Waals surface area contributed by atoms with Crippen molar-refractivity contribution in [3.63, 3.8) is 0 Å². The Morgan fingerprint density at radius 2 is 2.05 bits per heavy atom. The summed E-state index contributed by atoms with van der Waals surface area (Å²) >= 11 is 0. The Bertz CT molecular complexity index is 476. The summed E-state index contributed by atoms with van der Waals surface area (Å²) in [7, 11) is 0. The van der Waals surface area contributed by atoms with Crippen LogP contribution in [-0.4, -0.2) is 23.4 Å². The number of non-ortho nitro benzene ring substituents is 1. The third-order valence-corrected chi connectivity index (χ3v) is 2.52. The van der Waals surface area contributed by atoms with Crippen molar-refractivity contribution >= 4 is 23.0 Å². The van der Waals surface area contributed by atoms with E-state index in [0.29, 0.717) is 17.9 Å². The number of carbonyl (C=O) groups is 1. The van der Waals surface area contributed by atoms with Gasteiger partial charge in [-0.3, -0.25) is 14.9 Å². The monoisotopic (exact) mass is 266 g/mol. The molecule has 0 bridgehead atoms. The molecule has 1 amide bonds. The number of nitrogens with two attached hydrogens (primary N) is 1. The van der Waals surface area contributed by atoms with E-state index in [1.807, 2.05) is 6.92 Å². The second-order valence-corrected chi connectivity index (χ2v) is 4.22. The second kappa shape index (κ2) is 6.58. The minimum absolute atomic E-state index is 0.0414. The molecular formula is C12H18N4O3. The minimum atomic E-state index is -0.596. The number of carbonyl (C=O) groups excluding carboxylic acids is 1. The van der Waals surface area contributed by atoms with Crippen LogP contribution < -0.4 is 16.4 Å². The zero-order valence-corrected chi connectivity index (χ0v) is 11.0. The van der Waals surface area contributed by atoms with Gasteiger partial charge in [-0.05, 0) is 19.4 Å². The topological polar surface area (TPSA) is 110 Å². The number of nitrogens with zero attached hydrogens (tertiary/aromatic N) is 1. The average molecular weight is 266 g/mol. The van der Waals surface area contributed by atoms with Gasteiger partial charge < -0.3 is 16.4 Å². The minimum Gasteiger partial charge on any atom is -0.385 e. The van der Waals surface area contributed by atoms with Crippen LogP contribution >= 0.6 is 0 Å². The van der Waals surface area contributed by atoms with Crippen molar-refractivity contribution in [1.29, 1.82) is 0 Å². The van der Waals surface area contributed by atoms with Gasteiger partial charge in [-0.25, -0.2) is 0 Å². The lowest BCUT2D eigenvalue weighted by Gasteiger charge is -2.13. The molecule has 0 aliphatic rings. The molecule has 1 atom stereocenters. The van der Waals surface area contributed by atoms with Gasteiger partial charge in [0.05, 0.1) is 4.92 Å². The Kier molecular flexibility index (Phi) is 5.11. The number of hydrogen-bond donors (Lipinski definition) is 3. The van der Waals surface area contributed by atoms with Crippen LogP contribution in [0.3, 0.4) is 0 Å². The van der Waals surface area contributed by atoms with E-state index < -0.39 is 16.9 Å². The summed E-state index contributed by atoms with van der Waals surface area (Å²) in [6.07, 6.45) is 0.906. The van der Waals surface area contributed by atoms with Crippen molar-refractivity contribution in [3.8, 4) is 0 Å². The van der Waals surface area contributed by atoms with E-state index in [-0.39, 0.29) is 5.69 Å². The van der Waals surface area contributed by atoms with Crippen molar-refractivity contribution in [2.45, 2.75) is 26.3 Å². The molecular weight excluding hydrogens is 248 g/mol. The number of rotatable bonds is 7. The molecule has 1 aromatic rings. The highest BCUT2D eigenvalue weighted by molar-refractivity contribution is 5.83. The first-order valence-corrected chi connectivity index (χ1v) is 6.03. The Morgan fingerprint density at radius 3 is 2.58 bits per heavy atom. The van der Waals surface area contributed by atoms with E-state index in [0.717, 1.165) is 6.42 Å². The third-order valence-electron chi connectivity index (χ3n) is 2.52. The molecule has 7 heteroatoms. The van der Waals surface area contributed by atoms with Crippen LogP contribution in [0.1, 0.15) is 20.3 Å². The van der Waals surface area contributed by atoms with Crippen LogP contribution in [0.2, 0.25) is 0 Å². The maximum Gasteiger partial charge on any atom is 0.273 e. The van der Waals surface area contributed by atoms with E-state index in [4.69, 9.17) is 5.73 Å². The van der Waals surface area contributed by atoms with Gasteiger partial charge in [0, 0.05) is 30.1 Å². The van der Waals surface area contributed by atoms with Gasteiger partial charge in [-0.1, -0.05) is 6.92 Å². The zero-order valence-electron chi connectivity index (χ0n) is 11.0. The molecule has 1 aromatic carbocycles. The van der Waals surface area contributed by atoms with Crippen molar-refractivity contribution < 1.29 is 9.72 Å². The summed E-state index contributed by atoms with van der Waals surface area (Å²) in [5, 5.41) is 16.8. The number of anilines is 2. The SMILES string of the molecule is CCCNc1cc(NC(C)C(N)=O)cc([N+](=O)[O-])c1. The van der Waals surface area contributed by atoms with Crippen LogP contribution in [0.15, 0.2) is 18.2 Å². The predicted octanol–water partition coefficient (Wildman–Crippen LogP) is 1.70. The van der Waals surface area contributed by atoms with Crippen LogP contribution in [0, 0.1) is 10.1 Å². The summed E-state index contributed by atoms with van der Waals surface area (Å²) in [5.41, 5.74) is 6.23. The molecule has 104 valence electrons. The highest BCUT2D eigenvalue weighted by Crippen LogP contribution is 2.24. The van der Waals surface area contributed by atoms with Crippen LogP contribution in [0.4, 0.5) is 17.1 Å². The van der Waals surface area contributed by atoms with Gasteiger partial charge in [0.2, 0.25) is 5.91 Å². The first kappa shape index (κ1) is 14.7. The molecule has 0 aromatic heterocycles. The van der Waals surface area contributed by atoms with E-state index in [2.05, 4.69) is 10.6 Å². The van der Waals surface area contributed by atoms with Gasteiger partial charge >= 0.3 is 0 Å². The molecule has 7 nitrogen and oxygen atoms in total. The van der Waals surface area contributed by atoms with E-state index in [1.54, 1.807) is 13.0 Å². The number of amides is 1. The van der Waals surface area contributed by atoms with Gasteiger partial charge in [0.1, 0.15) is 6.04 Å². The van der Waals surface area contributed by atoms with E-state index in [9.17, 15) is 14.9 Å². The zero-order chi connectivity index (χ0) is 14.4. The average Bonchev–Trinajstić information content (AvgIpc) is 2.35. The number of hydrogen-bond acceptors (Lipinski definition) is 5. The highest BCUT2D eigenvalue weighted by atomic mass is 16.6. The van der Waals surface area contributed by atoms with Crippen molar-refractivity contribution in [1.82, 2.24) is 0 Å². The fraction of sp³-hybridized carbons (Fsp3) is 0.417. The molecule has 0 saturated heterocycles. The third kappa shape index (κ3) is 4.46. The lowest BCUT2D eigenvalue weighted by atomic mass is 10.2. The molecule has 0 spiro atoms. The van der Waals surface area contributed by atoms with Gasteiger partial charge in [0.15, 0.2) is 0 Å². The molecule has 0 radical (unpaired) electrons. The fourth-order valence-corrected chi connectivity index (χ4v) is 1.49. The summed E-state index contributed by atoms with van der Waals surface area (Å²) in [6.45, 7) is 4.31. The summed E-state index contributed by atoms with van der Waals surface area (Å²) in [4.78, 5) is 21.4. The number of primary amides is 1. The summed E-state index contributed by atoms with van der Waals surface area (Å²) < 4.78 is 0. The fourth-order valence-electron chi connectivity index (χ4n) is 1.49. The molecule has 0 fully saturated rings. The Hall–Kier alpha value is -2.31. The molecule has 19 heavy (non-hydrogen) atoms.